The Hall–Kier alpha value is -0.740. The predicted molar refractivity (Wildman–Crippen MR) is 84.1 cm³/mol. The highest BCUT2D eigenvalue weighted by Gasteiger charge is 2.31. The van der Waals surface area contributed by atoms with Crippen LogP contribution >= 0.6 is 23.4 Å². The number of rotatable bonds is 3. The van der Waals surface area contributed by atoms with Crippen LogP contribution in [-0.4, -0.2) is 20.1 Å². The smallest absolute Gasteiger partial charge is 0.127 e. The molecule has 1 aromatic heterocycles. The van der Waals surface area contributed by atoms with Gasteiger partial charge in [-0.2, -0.15) is 11.8 Å². The number of hydrogen-bond donors (Lipinski definition) is 0. The number of benzene rings is 1. The Morgan fingerprint density at radius 3 is 3.00 bits per heavy atom. The summed E-state index contributed by atoms with van der Waals surface area (Å²) in [6, 6.07) is 4.75. The van der Waals surface area contributed by atoms with Crippen LogP contribution in [0.1, 0.15) is 37.9 Å². The molecule has 2 aromatic rings. The van der Waals surface area contributed by atoms with Crippen molar-refractivity contribution in [3.63, 3.8) is 0 Å². The Labute approximate surface area is 127 Å². The van der Waals surface area contributed by atoms with Gasteiger partial charge in [0.15, 0.2) is 0 Å². The van der Waals surface area contributed by atoms with Gasteiger partial charge in [-0.1, -0.05) is 0 Å². The maximum Gasteiger partial charge on any atom is 0.127 e. The molecule has 0 amide bonds. The van der Waals surface area contributed by atoms with Gasteiger partial charge in [0.1, 0.15) is 11.6 Å². The van der Waals surface area contributed by atoms with E-state index in [1.807, 2.05) is 18.7 Å². The summed E-state index contributed by atoms with van der Waals surface area (Å²) < 4.78 is 15.9. The van der Waals surface area contributed by atoms with Crippen molar-refractivity contribution in [1.29, 1.82) is 0 Å². The first-order chi connectivity index (χ1) is 9.48. The second-order valence-electron chi connectivity index (χ2n) is 5.71. The molecule has 1 aliphatic heterocycles. The Bertz CT molecular complexity index is 632. The van der Waals surface area contributed by atoms with Gasteiger partial charge in [0, 0.05) is 11.3 Å². The fourth-order valence-corrected chi connectivity index (χ4v) is 4.34. The zero-order valence-corrected chi connectivity index (χ0v) is 13.3. The van der Waals surface area contributed by atoms with Gasteiger partial charge in [-0.05, 0) is 50.6 Å². The molecule has 0 saturated carbocycles. The molecule has 0 N–H and O–H groups in total. The summed E-state index contributed by atoms with van der Waals surface area (Å²) >= 11 is 8.26. The van der Waals surface area contributed by atoms with Gasteiger partial charge in [0.2, 0.25) is 0 Å². The third-order valence-electron chi connectivity index (χ3n) is 3.89. The molecule has 2 unspecified atom stereocenters. The van der Waals surface area contributed by atoms with E-state index in [9.17, 15) is 4.39 Å². The van der Waals surface area contributed by atoms with E-state index in [-0.39, 0.29) is 15.9 Å². The Morgan fingerprint density at radius 2 is 2.35 bits per heavy atom. The van der Waals surface area contributed by atoms with Crippen molar-refractivity contribution in [2.45, 2.75) is 43.4 Å². The minimum Gasteiger partial charge on any atom is -0.325 e. The van der Waals surface area contributed by atoms with E-state index in [0.29, 0.717) is 0 Å². The molecule has 2 atom stereocenters. The van der Waals surface area contributed by atoms with Crippen LogP contribution in [0.3, 0.4) is 0 Å². The van der Waals surface area contributed by atoms with E-state index >= 15 is 0 Å². The molecular formula is C15H18ClFN2S. The van der Waals surface area contributed by atoms with E-state index in [1.54, 1.807) is 12.1 Å². The third-order valence-corrected chi connectivity index (χ3v) is 5.61. The summed E-state index contributed by atoms with van der Waals surface area (Å²) in [4.78, 5) is 4.58. The minimum absolute atomic E-state index is 0.180. The van der Waals surface area contributed by atoms with Gasteiger partial charge < -0.3 is 4.57 Å². The molecule has 2 heterocycles. The van der Waals surface area contributed by atoms with E-state index in [2.05, 4.69) is 16.5 Å². The number of nitrogens with zero attached hydrogens (tertiary/aromatic N) is 2. The van der Waals surface area contributed by atoms with Gasteiger partial charge in [0.05, 0.1) is 16.4 Å². The average Bonchev–Trinajstić information content (AvgIpc) is 2.95. The lowest BCUT2D eigenvalue weighted by Crippen LogP contribution is -2.25. The quantitative estimate of drug-likeness (QED) is 0.760. The summed E-state index contributed by atoms with van der Waals surface area (Å²) in [5.74, 6) is 1.81. The summed E-state index contributed by atoms with van der Waals surface area (Å²) in [6.07, 6.45) is 2.43. The number of imidazole rings is 1. The Morgan fingerprint density at radius 1 is 1.55 bits per heavy atom. The lowest BCUT2D eigenvalue weighted by Gasteiger charge is -2.25. The van der Waals surface area contributed by atoms with Crippen molar-refractivity contribution in [1.82, 2.24) is 9.55 Å². The molecule has 5 heteroatoms. The number of alkyl halides is 1. The van der Waals surface area contributed by atoms with Gasteiger partial charge in [-0.25, -0.2) is 9.37 Å². The summed E-state index contributed by atoms with van der Waals surface area (Å²) in [5.41, 5.74) is 1.67. The molecule has 3 rings (SSSR count). The SMILES string of the molecule is CC(Cl)c1nc2ccc(F)cc2n1CC1(C)CCCS1. The van der Waals surface area contributed by atoms with Crippen LogP contribution < -0.4 is 0 Å². The zero-order valence-electron chi connectivity index (χ0n) is 11.7. The van der Waals surface area contributed by atoms with Gasteiger partial charge in [-0.15, -0.1) is 11.6 Å². The first-order valence-corrected chi connectivity index (χ1v) is 8.34. The number of halogens is 2. The van der Waals surface area contributed by atoms with Crippen molar-refractivity contribution in [3.05, 3.63) is 29.8 Å². The van der Waals surface area contributed by atoms with Crippen molar-refractivity contribution >= 4 is 34.4 Å². The van der Waals surface area contributed by atoms with Crippen molar-refractivity contribution < 1.29 is 4.39 Å². The monoisotopic (exact) mass is 312 g/mol. The zero-order chi connectivity index (χ0) is 14.3. The maximum atomic E-state index is 13.6. The molecule has 1 saturated heterocycles. The van der Waals surface area contributed by atoms with Crippen molar-refractivity contribution in [2.24, 2.45) is 0 Å². The predicted octanol–water partition coefficient (Wildman–Crippen LogP) is 4.76. The number of aromatic nitrogens is 2. The minimum atomic E-state index is -0.225. The van der Waals surface area contributed by atoms with Gasteiger partial charge >= 0.3 is 0 Å². The highest BCUT2D eigenvalue weighted by Crippen LogP contribution is 2.40. The fourth-order valence-electron chi connectivity index (χ4n) is 2.88. The standard InChI is InChI=1S/C15H18ClFN2S/c1-10(16)14-18-12-5-4-11(17)8-13(12)19(14)9-15(2)6-3-7-20-15/h4-5,8,10H,3,6-7,9H2,1-2H3. The van der Waals surface area contributed by atoms with E-state index in [1.165, 1.54) is 24.7 Å². The molecule has 108 valence electrons. The lowest BCUT2D eigenvalue weighted by molar-refractivity contribution is 0.505. The fraction of sp³-hybridized carbons (Fsp3) is 0.533. The van der Waals surface area contributed by atoms with Crippen LogP contribution in [0.25, 0.3) is 11.0 Å². The second-order valence-corrected chi connectivity index (χ2v) is 8.04. The van der Waals surface area contributed by atoms with Gasteiger partial charge in [-0.3, -0.25) is 0 Å². The third kappa shape index (κ3) is 2.56. The largest absolute Gasteiger partial charge is 0.325 e. The second kappa shape index (κ2) is 5.23. The molecule has 2 nitrogen and oxygen atoms in total. The van der Waals surface area contributed by atoms with Gasteiger partial charge in [0.25, 0.3) is 0 Å². The molecular weight excluding hydrogens is 295 g/mol. The highest BCUT2D eigenvalue weighted by molar-refractivity contribution is 8.00. The van der Waals surface area contributed by atoms with Crippen LogP contribution in [0.15, 0.2) is 18.2 Å². The van der Waals surface area contributed by atoms with Crippen molar-refractivity contribution in [3.8, 4) is 0 Å². The molecule has 1 aliphatic rings. The molecule has 0 radical (unpaired) electrons. The van der Waals surface area contributed by atoms with Crippen LogP contribution in [-0.2, 0) is 6.54 Å². The van der Waals surface area contributed by atoms with E-state index in [4.69, 9.17) is 11.6 Å². The molecule has 20 heavy (non-hydrogen) atoms. The molecule has 0 aliphatic carbocycles. The lowest BCUT2D eigenvalue weighted by atomic mass is 10.1. The highest BCUT2D eigenvalue weighted by atomic mass is 35.5. The molecule has 0 bridgehead atoms. The number of thioether (sulfide) groups is 1. The average molecular weight is 313 g/mol. The summed E-state index contributed by atoms with van der Waals surface area (Å²) in [6.45, 7) is 5.03. The molecule has 0 spiro atoms. The van der Waals surface area contributed by atoms with Crippen LogP contribution in [0.2, 0.25) is 0 Å². The van der Waals surface area contributed by atoms with E-state index in [0.717, 1.165) is 23.4 Å². The first-order valence-electron chi connectivity index (χ1n) is 6.92. The normalized spacial score (nSPS) is 24.4. The Kier molecular flexibility index (Phi) is 3.71. The van der Waals surface area contributed by atoms with Crippen molar-refractivity contribution in [2.75, 3.05) is 5.75 Å². The summed E-state index contributed by atoms with van der Waals surface area (Å²) in [7, 11) is 0. The van der Waals surface area contributed by atoms with E-state index < -0.39 is 0 Å². The van der Waals surface area contributed by atoms with Crippen LogP contribution in [0.5, 0.6) is 0 Å². The Balaban J connectivity index is 2.10. The summed E-state index contributed by atoms with van der Waals surface area (Å²) in [5, 5.41) is -0.180. The number of hydrogen-bond acceptors (Lipinski definition) is 2. The topological polar surface area (TPSA) is 17.8 Å². The first kappa shape index (κ1) is 14.2. The maximum absolute atomic E-state index is 13.6. The van der Waals surface area contributed by atoms with Crippen LogP contribution in [0, 0.1) is 5.82 Å². The number of fused-ring (bicyclic) bond motifs is 1. The van der Waals surface area contributed by atoms with Crippen LogP contribution in [0.4, 0.5) is 4.39 Å². The molecule has 1 aromatic carbocycles. The molecule has 1 fully saturated rings.